The van der Waals surface area contributed by atoms with Crippen molar-refractivity contribution in [3.05, 3.63) is 77.6 Å². The molecule has 2 aliphatic heterocycles. The smallest absolute Gasteiger partial charge is 0.322 e. The Kier molecular flexibility index (Phi) is 5.21. The topological polar surface area (TPSA) is 127 Å². The van der Waals surface area contributed by atoms with Gasteiger partial charge in [-0.05, 0) is 53.1 Å². The molecule has 0 aliphatic carbocycles. The average molecular weight is 446 g/mol. The van der Waals surface area contributed by atoms with Crippen molar-refractivity contribution in [3.8, 4) is 17.2 Å². The number of phenolic OH excluding ortho intramolecular Hbond substituents is 1. The first-order valence-corrected chi connectivity index (χ1v) is 10.5. The van der Waals surface area contributed by atoms with Crippen LogP contribution in [0.2, 0.25) is 0 Å². The molecule has 2 unspecified atom stereocenters. The number of nitrogens with two attached hydrogens (primary N) is 1. The number of nitrogens with one attached hydrogen (secondary N) is 1. The maximum atomic E-state index is 12.9. The van der Waals surface area contributed by atoms with Crippen LogP contribution in [0.5, 0.6) is 17.2 Å². The number of aromatic hydroxyl groups is 1. The van der Waals surface area contributed by atoms with E-state index >= 15 is 0 Å². The number of ether oxygens (including phenoxy) is 2. The fourth-order valence-corrected chi connectivity index (χ4v) is 4.10. The number of fused-ring (bicyclic) bond motifs is 2. The van der Waals surface area contributed by atoms with Crippen LogP contribution in [0.15, 0.2) is 60.9 Å². The molecule has 2 atom stereocenters. The van der Waals surface area contributed by atoms with E-state index in [1.807, 2.05) is 12.1 Å². The number of carbonyl (C=O) groups is 2. The number of rotatable bonds is 3. The molecule has 3 aromatic rings. The summed E-state index contributed by atoms with van der Waals surface area (Å²) in [5, 5.41) is 12.3. The summed E-state index contributed by atoms with van der Waals surface area (Å²) >= 11 is 0. The summed E-state index contributed by atoms with van der Waals surface area (Å²) in [6.07, 6.45) is 3.09. The van der Waals surface area contributed by atoms with Gasteiger partial charge in [0.25, 0.3) is 0 Å². The molecule has 2 aliphatic rings. The van der Waals surface area contributed by atoms with Crippen LogP contribution in [0.1, 0.15) is 22.8 Å². The van der Waals surface area contributed by atoms with E-state index in [0.29, 0.717) is 23.8 Å². The number of benzene rings is 2. The Morgan fingerprint density at radius 3 is 2.64 bits per heavy atom. The van der Waals surface area contributed by atoms with Gasteiger partial charge in [0.15, 0.2) is 17.6 Å². The number of urea groups is 1. The summed E-state index contributed by atoms with van der Waals surface area (Å²) < 4.78 is 12.1. The number of carbonyl (C=O) groups excluding carboxylic acids is 2. The van der Waals surface area contributed by atoms with Crippen molar-refractivity contribution in [2.45, 2.75) is 25.1 Å². The molecule has 1 aromatic heterocycles. The Labute approximate surface area is 189 Å². The van der Waals surface area contributed by atoms with Crippen LogP contribution in [0.4, 0.5) is 10.5 Å². The molecule has 4 N–H and O–H groups in total. The average Bonchev–Trinajstić information content (AvgIpc) is 2.82. The van der Waals surface area contributed by atoms with Crippen molar-refractivity contribution in [1.82, 2.24) is 9.88 Å². The van der Waals surface area contributed by atoms with Crippen LogP contribution in [-0.4, -0.2) is 39.6 Å². The van der Waals surface area contributed by atoms with Gasteiger partial charge < -0.3 is 30.5 Å². The summed E-state index contributed by atoms with van der Waals surface area (Å²) in [6, 6.07) is 12.7. The molecular weight excluding hydrogens is 424 g/mol. The highest BCUT2D eigenvalue weighted by Gasteiger charge is 2.35. The zero-order valence-corrected chi connectivity index (χ0v) is 17.6. The monoisotopic (exact) mass is 446 g/mol. The number of nitrogens with zero attached hydrogens (tertiary/aromatic N) is 2. The van der Waals surface area contributed by atoms with Gasteiger partial charge in [0.2, 0.25) is 5.91 Å². The van der Waals surface area contributed by atoms with Crippen LogP contribution < -0.4 is 20.5 Å². The molecule has 9 heteroatoms. The van der Waals surface area contributed by atoms with Crippen molar-refractivity contribution in [2.75, 3.05) is 11.9 Å². The second-order valence-corrected chi connectivity index (χ2v) is 8.00. The molecule has 5 rings (SSSR count). The van der Waals surface area contributed by atoms with Gasteiger partial charge in [-0.15, -0.1) is 0 Å². The van der Waals surface area contributed by atoms with Gasteiger partial charge >= 0.3 is 6.03 Å². The minimum absolute atomic E-state index is 0.179. The van der Waals surface area contributed by atoms with E-state index in [2.05, 4.69) is 10.3 Å². The van der Waals surface area contributed by atoms with E-state index in [0.717, 1.165) is 16.7 Å². The predicted octanol–water partition coefficient (Wildman–Crippen LogP) is 2.74. The van der Waals surface area contributed by atoms with Crippen molar-refractivity contribution >= 4 is 17.6 Å². The van der Waals surface area contributed by atoms with E-state index in [-0.39, 0.29) is 24.8 Å². The lowest BCUT2D eigenvalue weighted by molar-refractivity contribution is -0.122. The van der Waals surface area contributed by atoms with E-state index in [4.69, 9.17) is 15.2 Å². The number of primary amides is 1. The van der Waals surface area contributed by atoms with E-state index < -0.39 is 18.0 Å². The third-order valence-electron chi connectivity index (χ3n) is 5.82. The minimum Gasteiger partial charge on any atom is -0.508 e. The molecule has 0 saturated heterocycles. The zero-order chi connectivity index (χ0) is 22.9. The summed E-state index contributed by atoms with van der Waals surface area (Å²) in [4.78, 5) is 30.5. The first kappa shape index (κ1) is 20.6. The number of hydrogen-bond donors (Lipinski definition) is 3. The van der Waals surface area contributed by atoms with Gasteiger partial charge in [-0.1, -0.05) is 12.1 Å². The fraction of sp³-hybridized carbons (Fsp3) is 0.208. The number of amides is 3. The third kappa shape index (κ3) is 4.12. The Balaban J connectivity index is 1.40. The lowest BCUT2D eigenvalue weighted by atomic mass is 9.93. The van der Waals surface area contributed by atoms with E-state index in [9.17, 15) is 14.7 Å². The fourth-order valence-electron chi connectivity index (χ4n) is 4.10. The molecule has 0 fully saturated rings. The summed E-state index contributed by atoms with van der Waals surface area (Å²) in [5.74, 6) is 0.742. The second kappa shape index (κ2) is 8.34. The van der Waals surface area contributed by atoms with Gasteiger partial charge in [0.1, 0.15) is 18.4 Å². The SMILES string of the molecule is NC(=O)C1Cc2cc3c(cc2CN1C(=O)Nc1cccnc1)OC(c1ccc(O)cc1)CO3. The zero-order valence-electron chi connectivity index (χ0n) is 17.6. The highest BCUT2D eigenvalue weighted by atomic mass is 16.6. The summed E-state index contributed by atoms with van der Waals surface area (Å²) in [7, 11) is 0. The molecule has 33 heavy (non-hydrogen) atoms. The van der Waals surface area contributed by atoms with Gasteiger partial charge in [0, 0.05) is 19.2 Å². The first-order chi connectivity index (χ1) is 16.0. The standard InChI is InChI=1S/C24H22N4O5/c25-23(30)19-8-15-9-20-21(33-22(13-32-20)14-3-5-18(29)6-4-14)10-16(15)12-28(19)24(31)27-17-2-1-7-26-11-17/h1-7,9-11,19,22,29H,8,12-13H2,(H2,25,30)(H,27,31). The Morgan fingerprint density at radius 2 is 1.91 bits per heavy atom. The number of aromatic nitrogens is 1. The van der Waals surface area contributed by atoms with Gasteiger partial charge in [-0.2, -0.15) is 0 Å². The Hall–Kier alpha value is -4.27. The quantitative estimate of drug-likeness (QED) is 0.568. The van der Waals surface area contributed by atoms with Crippen LogP contribution in [0.3, 0.4) is 0 Å². The first-order valence-electron chi connectivity index (χ1n) is 10.5. The van der Waals surface area contributed by atoms with Crippen molar-refractivity contribution in [3.63, 3.8) is 0 Å². The molecule has 0 radical (unpaired) electrons. The number of anilines is 1. The largest absolute Gasteiger partial charge is 0.508 e. The highest BCUT2D eigenvalue weighted by Crippen LogP contribution is 2.40. The highest BCUT2D eigenvalue weighted by molar-refractivity contribution is 5.93. The maximum Gasteiger partial charge on any atom is 0.322 e. The molecule has 168 valence electrons. The predicted molar refractivity (Wildman–Crippen MR) is 119 cm³/mol. The molecule has 9 nitrogen and oxygen atoms in total. The van der Waals surface area contributed by atoms with E-state index in [1.165, 1.54) is 11.1 Å². The summed E-state index contributed by atoms with van der Waals surface area (Å²) in [5.41, 5.74) is 8.76. The lowest BCUT2D eigenvalue weighted by Crippen LogP contribution is -2.52. The molecule has 2 aromatic carbocycles. The summed E-state index contributed by atoms with van der Waals surface area (Å²) in [6.45, 7) is 0.505. The van der Waals surface area contributed by atoms with Crippen LogP contribution >= 0.6 is 0 Å². The van der Waals surface area contributed by atoms with E-state index in [1.54, 1.807) is 42.6 Å². The maximum absolute atomic E-state index is 12.9. The van der Waals surface area contributed by atoms with Crippen LogP contribution in [-0.2, 0) is 17.8 Å². The van der Waals surface area contributed by atoms with Gasteiger partial charge in [-0.3, -0.25) is 9.78 Å². The van der Waals surface area contributed by atoms with Crippen molar-refractivity contribution in [2.24, 2.45) is 5.73 Å². The lowest BCUT2D eigenvalue weighted by Gasteiger charge is -2.36. The van der Waals surface area contributed by atoms with Gasteiger partial charge in [0.05, 0.1) is 11.9 Å². The molecule has 3 amide bonds. The normalized spacial score (nSPS) is 18.8. The number of pyridine rings is 1. The van der Waals surface area contributed by atoms with Crippen molar-refractivity contribution < 1.29 is 24.2 Å². The molecule has 0 spiro atoms. The Bertz CT molecular complexity index is 1200. The molecule has 0 bridgehead atoms. The van der Waals surface area contributed by atoms with Crippen LogP contribution in [0, 0.1) is 0 Å². The number of phenols is 1. The second-order valence-electron chi connectivity index (χ2n) is 8.00. The molecule has 3 heterocycles. The Morgan fingerprint density at radius 1 is 1.12 bits per heavy atom. The van der Waals surface area contributed by atoms with Gasteiger partial charge in [-0.25, -0.2) is 4.79 Å². The third-order valence-corrected chi connectivity index (χ3v) is 5.82. The molecular formula is C24H22N4O5. The minimum atomic E-state index is -0.790. The van der Waals surface area contributed by atoms with Crippen molar-refractivity contribution in [1.29, 1.82) is 0 Å². The van der Waals surface area contributed by atoms with Crippen LogP contribution in [0.25, 0.3) is 0 Å². The molecule has 0 saturated carbocycles. The number of hydrogen-bond acceptors (Lipinski definition) is 6.